The number of likely N-dealkylation sites (N-methyl/N-ethyl adjacent to an activating group) is 1. The Kier molecular flexibility index (Phi) is 5.39. The standard InChI is InChI=1S/C11H20N2O2/c1-13(11(9-15)5-8-14)7-4-10-3-2-6-12-10/h2-3,6,11-12,14-15H,4-5,7-9H2,1H3. The zero-order valence-electron chi connectivity index (χ0n) is 9.19. The second kappa shape index (κ2) is 6.61. The molecule has 1 aromatic rings. The smallest absolute Gasteiger partial charge is 0.0587 e. The molecule has 0 radical (unpaired) electrons. The van der Waals surface area contributed by atoms with E-state index in [0.717, 1.165) is 13.0 Å². The Labute approximate surface area is 90.5 Å². The van der Waals surface area contributed by atoms with Crippen LogP contribution in [-0.4, -0.2) is 52.9 Å². The summed E-state index contributed by atoms with van der Waals surface area (Å²) < 4.78 is 0. The van der Waals surface area contributed by atoms with Gasteiger partial charge in [0, 0.05) is 37.5 Å². The van der Waals surface area contributed by atoms with E-state index in [2.05, 4.69) is 9.88 Å². The SMILES string of the molecule is CN(CCc1ccc[nH]1)C(CO)CCO. The molecule has 86 valence electrons. The first kappa shape index (κ1) is 12.2. The number of aliphatic hydroxyl groups is 2. The van der Waals surface area contributed by atoms with Crippen molar-refractivity contribution >= 4 is 0 Å². The highest BCUT2D eigenvalue weighted by Gasteiger charge is 2.12. The minimum Gasteiger partial charge on any atom is -0.396 e. The molecule has 1 aromatic heterocycles. The minimum absolute atomic E-state index is 0.0602. The van der Waals surface area contributed by atoms with E-state index in [1.807, 2.05) is 25.4 Å². The molecular formula is C11H20N2O2. The first-order valence-electron chi connectivity index (χ1n) is 5.32. The van der Waals surface area contributed by atoms with Gasteiger partial charge in [-0.05, 0) is 25.6 Å². The molecule has 0 saturated heterocycles. The number of aromatic amines is 1. The number of rotatable bonds is 7. The molecule has 4 heteroatoms. The van der Waals surface area contributed by atoms with E-state index in [-0.39, 0.29) is 19.3 Å². The Bertz CT molecular complexity index is 249. The average Bonchev–Trinajstić information content (AvgIpc) is 2.75. The van der Waals surface area contributed by atoms with Crippen molar-refractivity contribution in [3.8, 4) is 0 Å². The minimum atomic E-state index is 0.0602. The van der Waals surface area contributed by atoms with Gasteiger partial charge in [0.25, 0.3) is 0 Å². The molecule has 0 aromatic carbocycles. The van der Waals surface area contributed by atoms with Crippen LogP contribution in [0, 0.1) is 0 Å². The second-order valence-electron chi connectivity index (χ2n) is 3.77. The van der Waals surface area contributed by atoms with E-state index in [1.54, 1.807) is 0 Å². The van der Waals surface area contributed by atoms with Crippen molar-refractivity contribution in [1.29, 1.82) is 0 Å². The average molecular weight is 212 g/mol. The number of aliphatic hydroxyl groups excluding tert-OH is 2. The summed E-state index contributed by atoms with van der Waals surface area (Å²) >= 11 is 0. The quantitative estimate of drug-likeness (QED) is 0.606. The van der Waals surface area contributed by atoms with E-state index < -0.39 is 0 Å². The fraction of sp³-hybridized carbons (Fsp3) is 0.636. The summed E-state index contributed by atoms with van der Waals surface area (Å²) in [5, 5.41) is 17.9. The highest BCUT2D eigenvalue weighted by Crippen LogP contribution is 2.03. The molecular weight excluding hydrogens is 192 g/mol. The third kappa shape index (κ3) is 4.03. The van der Waals surface area contributed by atoms with Gasteiger partial charge in [0.15, 0.2) is 0 Å². The number of hydrogen-bond donors (Lipinski definition) is 3. The monoisotopic (exact) mass is 212 g/mol. The predicted octanol–water partition coefficient (Wildman–Crippen LogP) is 0.232. The molecule has 15 heavy (non-hydrogen) atoms. The van der Waals surface area contributed by atoms with Crippen LogP contribution in [0.4, 0.5) is 0 Å². The molecule has 0 spiro atoms. The van der Waals surface area contributed by atoms with E-state index in [1.165, 1.54) is 5.69 Å². The molecule has 0 aliphatic rings. The molecule has 1 unspecified atom stereocenters. The number of hydrogen-bond acceptors (Lipinski definition) is 3. The molecule has 0 aliphatic carbocycles. The highest BCUT2D eigenvalue weighted by molar-refractivity contribution is 5.03. The van der Waals surface area contributed by atoms with Crippen LogP contribution in [0.25, 0.3) is 0 Å². The maximum atomic E-state index is 9.12. The van der Waals surface area contributed by atoms with Crippen LogP contribution in [0.5, 0.6) is 0 Å². The zero-order chi connectivity index (χ0) is 11.1. The Morgan fingerprint density at radius 3 is 2.80 bits per heavy atom. The van der Waals surface area contributed by atoms with Crippen LogP contribution in [0.2, 0.25) is 0 Å². The lowest BCUT2D eigenvalue weighted by Gasteiger charge is -2.25. The lowest BCUT2D eigenvalue weighted by Crippen LogP contribution is -2.36. The summed E-state index contributed by atoms with van der Waals surface area (Å²) in [5.41, 5.74) is 1.20. The fourth-order valence-electron chi connectivity index (χ4n) is 1.60. The van der Waals surface area contributed by atoms with Gasteiger partial charge in [0.2, 0.25) is 0 Å². The summed E-state index contributed by atoms with van der Waals surface area (Å²) in [7, 11) is 1.97. The van der Waals surface area contributed by atoms with Crippen molar-refractivity contribution < 1.29 is 10.2 Å². The predicted molar refractivity (Wildman–Crippen MR) is 59.7 cm³/mol. The maximum absolute atomic E-state index is 9.12. The van der Waals surface area contributed by atoms with Crippen molar-refractivity contribution in [3.05, 3.63) is 24.0 Å². The Hall–Kier alpha value is -0.840. The highest BCUT2D eigenvalue weighted by atomic mass is 16.3. The number of aromatic nitrogens is 1. The van der Waals surface area contributed by atoms with E-state index in [9.17, 15) is 0 Å². The van der Waals surface area contributed by atoms with Crippen molar-refractivity contribution in [3.63, 3.8) is 0 Å². The van der Waals surface area contributed by atoms with Gasteiger partial charge in [-0.25, -0.2) is 0 Å². The molecule has 1 heterocycles. The van der Waals surface area contributed by atoms with Gasteiger partial charge < -0.3 is 20.1 Å². The van der Waals surface area contributed by atoms with Gasteiger partial charge in [-0.15, -0.1) is 0 Å². The largest absolute Gasteiger partial charge is 0.396 e. The van der Waals surface area contributed by atoms with Gasteiger partial charge in [-0.2, -0.15) is 0 Å². The molecule has 4 nitrogen and oxygen atoms in total. The van der Waals surface area contributed by atoms with E-state index >= 15 is 0 Å². The number of nitrogens with one attached hydrogen (secondary N) is 1. The van der Waals surface area contributed by atoms with Crippen molar-refractivity contribution in [2.45, 2.75) is 18.9 Å². The maximum Gasteiger partial charge on any atom is 0.0587 e. The zero-order valence-corrected chi connectivity index (χ0v) is 9.19. The number of nitrogens with zero attached hydrogens (tertiary/aromatic N) is 1. The molecule has 0 aliphatic heterocycles. The fourth-order valence-corrected chi connectivity index (χ4v) is 1.60. The topological polar surface area (TPSA) is 59.5 Å². The summed E-state index contributed by atoms with van der Waals surface area (Å²) in [6.45, 7) is 1.10. The van der Waals surface area contributed by atoms with Crippen LogP contribution in [0.1, 0.15) is 12.1 Å². The van der Waals surface area contributed by atoms with E-state index in [0.29, 0.717) is 6.42 Å². The Balaban J connectivity index is 2.30. The molecule has 1 rings (SSSR count). The summed E-state index contributed by atoms with van der Waals surface area (Å²) in [5.74, 6) is 0. The summed E-state index contributed by atoms with van der Waals surface area (Å²) in [6, 6.07) is 4.09. The first-order chi connectivity index (χ1) is 7.27. The Morgan fingerprint density at radius 2 is 2.27 bits per heavy atom. The molecule has 0 fully saturated rings. The third-order valence-electron chi connectivity index (χ3n) is 2.69. The third-order valence-corrected chi connectivity index (χ3v) is 2.69. The molecule has 3 N–H and O–H groups in total. The van der Waals surface area contributed by atoms with Gasteiger partial charge in [-0.1, -0.05) is 0 Å². The first-order valence-corrected chi connectivity index (χ1v) is 5.32. The Morgan fingerprint density at radius 1 is 1.47 bits per heavy atom. The molecule has 1 atom stereocenters. The summed E-state index contributed by atoms with van der Waals surface area (Å²) in [4.78, 5) is 5.22. The second-order valence-corrected chi connectivity index (χ2v) is 3.77. The van der Waals surface area contributed by atoms with Gasteiger partial charge in [0.1, 0.15) is 0 Å². The summed E-state index contributed by atoms with van der Waals surface area (Å²) in [6.07, 6.45) is 3.47. The lowest BCUT2D eigenvalue weighted by atomic mass is 10.2. The van der Waals surface area contributed by atoms with Gasteiger partial charge in [-0.3, -0.25) is 0 Å². The van der Waals surface area contributed by atoms with Crippen molar-refractivity contribution in [1.82, 2.24) is 9.88 Å². The molecule has 0 amide bonds. The van der Waals surface area contributed by atoms with Crippen LogP contribution in [0.3, 0.4) is 0 Å². The van der Waals surface area contributed by atoms with Crippen LogP contribution < -0.4 is 0 Å². The van der Waals surface area contributed by atoms with Crippen LogP contribution in [0.15, 0.2) is 18.3 Å². The van der Waals surface area contributed by atoms with Gasteiger partial charge >= 0.3 is 0 Å². The van der Waals surface area contributed by atoms with Crippen molar-refractivity contribution in [2.24, 2.45) is 0 Å². The van der Waals surface area contributed by atoms with Gasteiger partial charge in [0.05, 0.1) is 6.61 Å². The normalized spacial score (nSPS) is 13.3. The van der Waals surface area contributed by atoms with E-state index in [4.69, 9.17) is 10.2 Å². The number of H-pyrrole nitrogens is 1. The molecule has 0 saturated carbocycles. The lowest BCUT2D eigenvalue weighted by molar-refractivity contribution is 0.120. The van der Waals surface area contributed by atoms with Crippen molar-refractivity contribution in [2.75, 3.05) is 26.8 Å². The van der Waals surface area contributed by atoms with Crippen LogP contribution in [-0.2, 0) is 6.42 Å². The molecule has 0 bridgehead atoms. The van der Waals surface area contributed by atoms with Crippen LogP contribution >= 0.6 is 0 Å².